The van der Waals surface area contributed by atoms with Gasteiger partial charge >= 0.3 is 0 Å². The number of anilines is 1. The van der Waals surface area contributed by atoms with Crippen molar-refractivity contribution < 1.29 is 4.74 Å². The lowest BCUT2D eigenvalue weighted by Gasteiger charge is -2.27. The van der Waals surface area contributed by atoms with Crippen molar-refractivity contribution >= 4 is 17.3 Å². The van der Waals surface area contributed by atoms with Crippen LogP contribution in [0.4, 0.5) is 5.69 Å². The first-order valence-corrected chi connectivity index (χ1v) is 5.94. The van der Waals surface area contributed by atoms with Gasteiger partial charge in [-0.25, -0.2) is 0 Å². The summed E-state index contributed by atoms with van der Waals surface area (Å²) in [5.74, 6) is 0.824. The van der Waals surface area contributed by atoms with Gasteiger partial charge in [-0.3, -0.25) is 0 Å². The molecule has 86 valence electrons. The fourth-order valence-electron chi connectivity index (χ4n) is 2.00. The molecule has 0 aliphatic carbocycles. The van der Waals surface area contributed by atoms with Gasteiger partial charge in [0.25, 0.3) is 0 Å². The predicted molar refractivity (Wildman–Crippen MR) is 69.8 cm³/mol. The van der Waals surface area contributed by atoms with E-state index in [9.17, 15) is 0 Å². The molecule has 3 heteroatoms. The molecular formula is C14H12ClNO. The third-order valence-electron chi connectivity index (χ3n) is 2.88. The minimum absolute atomic E-state index is 0.199. The number of ether oxygens (including phenoxy) is 1. The van der Waals surface area contributed by atoms with Crippen molar-refractivity contribution in [3.05, 3.63) is 59.1 Å². The molecule has 17 heavy (non-hydrogen) atoms. The Morgan fingerprint density at radius 1 is 1.12 bits per heavy atom. The second-order valence-corrected chi connectivity index (χ2v) is 4.50. The molecule has 0 amide bonds. The average molecular weight is 246 g/mol. The first-order valence-electron chi connectivity index (χ1n) is 5.57. The van der Waals surface area contributed by atoms with Crippen LogP contribution in [0.3, 0.4) is 0 Å². The Kier molecular flexibility index (Phi) is 2.65. The van der Waals surface area contributed by atoms with Crippen LogP contribution in [0.5, 0.6) is 5.75 Å². The van der Waals surface area contributed by atoms with Gasteiger partial charge in [-0.2, -0.15) is 0 Å². The quantitative estimate of drug-likeness (QED) is 0.823. The molecular weight excluding hydrogens is 234 g/mol. The van der Waals surface area contributed by atoms with Gasteiger partial charge in [-0.05, 0) is 17.7 Å². The van der Waals surface area contributed by atoms with E-state index in [2.05, 4.69) is 17.4 Å². The number of benzene rings is 2. The molecule has 2 aromatic rings. The summed E-state index contributed by atoms with van der Waals surface area (Å²) >= 11 is 5.92. The molecule has 0 spiro atoms. The Bertz CT molecular complexity index is 527. The van der Waals surface area contributed by atoms with Gasteiger partial charge in [0.15, 0.2) is 0 Å². The molecule has 0 fully saturated rings. The molecule has 1 aliphatic heterocycles. The molecule has 0 saturated carbocycles. The normalized spacial score (nSPS) is 17.8. The summed E-state index contributed by atoms with van der Waals surface area (Å²) < 4.78 is 5.72. The largest absolute Gasteiger partial charge is 0.489 e. The highest BCUT2D eigenvalue weighted by molar-refractivity contribution is 6.30. The van der Waals surface area contributed by atoms with Crippen LogP contribution < -0.4 is 10.1 Å². The van der Waals surface area contributed by atoms with Crippen molar-refractivity contribution in [1.82, 2.24) is 0 Å². The zero-order valence-corrected chi connectivity index (χ0v) is 9.95. The lowest BCUT2D eigenvalue weighted by Crippen LogP contribution is -2.23. The molecule has 3 rings (SSSR count). The molecule has 0 aromatic heterocycles. The van der Waals surface area contributed by atoms with Crippen LogP contribution >= 0.6 is 11.6 Å². The van der Waals surface area contributed by atoms with Crippen LogP contribution in [-0.4, -0.2) is 6.61 Å². The molecule has 2 nitrogen and oxygen atoms in total. The van der Waals surface area contributed by atoms with Crippen molar-refractivity contribution in [1.29, 1.82) is 0 Å². The minimum atomic E-state index is 0.199. The molecule has 1 heterocycles. The number of rotatable bonds is 1. The summed E-state index contributed by atoms with van der Waals surface area (Å²) in [5, 5.41) is 4.15. The number of nitrogens with one attached hydrogen (secondary N) is 1. The van der Waals surface area contributed by atoms with Crippen molar-refractivity contribution in [2.24, 2.45) is 0 Å². The second kappa shape index (κ2) is 4.30. The van der Waals surface area contributed by atoms with E-state index in [0.29, 0.717) is 11.6 Å². The smallest absolute Gasteiger partial charge is 0.144 e. The van der Waals surface area contributed by atoms with E-state index in [1.807, 2.05) is 36.4 Å². The number of hydrogen-bond acceptors (Lipinski definition) is 2. The van der Waals surface area contributed by atoms with Crippen molar-refractivity contribution in [3.8, 4) is 5.75 Å². The number of halogens is 1. The van der Waals surface area contributed by atoms with Gasteiger partial charge in [0.05, 0.1) is 11.7 Å². The number of hydrogen-bond donors (Lipinski definition) is 1. The highest BCUT2D eigenvalue weighted by Gasteiger charge is 2.19. The maximum atomic E-state index is 5.92. The van der Waals surface area contributed by atoms with Crippen molar-refractivity contribution in [2.45, 2.75) is 6.04 Å². The second-order valence-electron chi connectivity index (χ2n) is 4.06. The van der Waals surface area contributed by atoms with Crippen LogP contribution in [0.1, 0.15) is 11.6 Å². The standard InChI is InChI=1S/C14H12ClNO/c15-11-6-7-12-14(8-11)17-9-13(16-12)10-4-2-1-3-5-10/h1-8,13,16H,9H2/t13-/m1/s1. The van der Waals surface area contributed by atoms with E-state index in [-0.39, 0.29) is 6.04 Å². The molecule has 0 bridgehead atoms. The van der Waals surface area contributed by atoms with Crippen LogP contribution in [0.2, 0.25) is 5.02 Å². The maximum Gasteiger partial charge on any atom is 0.144 e. The lowest BCUT2D eigenvalue weighted by molar-refractivity contribution is 0.286. The SMILES string of the molecule is Clc1ccc2c(c1)OC[C@H](c1ccccc1)N2. The van der Waals surface area contributed by atoms with Crippen LogP contribution in [-0.2, 0) is 0 Å². The molecule has 1 atom stereocenters. The minimum Gasteiger partial charge on any atom is -0.489 e. The first kappa shape index (κ1) is 10.5. The van der Waals surface area contributed by atoms with Gasteiger partial charge in [0.2, 0.25) is 0 Å². The van der Waals surface area contributed by atoms with Crippen molar-refractivity contribution in [2.75, 3.05) is 11.9 Å². The Morgan fingerprint density at radius 2 is 1.94 bits per heavy atom. The summed E-state index contributed by atoms with van der Waals surface area (Å²) in [7, 11) is 0. The summed E-state index contributed by atoms with van der Waals surface area (Å²) in [5.41, 5.74) is 2.22. The Labute approximate surface area is 105 Å². The zero-order valence-electron chi connectivity index (χ0n) is 9.19. The maximum absolute atomic E-state index is 5.92. The third kappa shape index (κ3) is 2.08. The number of fused-ring (bicyclic) bond motifs is 1. The summed E-state index contributed by atoms with van der Waals surface area (Å²) in [4.78, 5) is 0. The van der Waals surface area contributed by atoms with E-state index >= 15 is 0 Å². The fraction of sp³-hybridized carbons (Fsp3) is 0.143. The van der Waals surface area contributed by atoms with E-state index in [0.717, 1.165) is 11.4 Å². The summed E-state index contributed by atoms with van der Waals surface area (Å²) in [6.45, 7) is 0.622. The highest BCUT2D eigenvalue weighted by Crippen LogP contribution is 2.35. The zero-order chi connectivity index (χ0) is 11.7. The molecule has 2 aromatic carbocycles. The topological polar surface area (TPSA) is 21.3 Å². The summed E-state index contributed by atoms with van der Waals surface area (Å²) in [6.07, 6.45) is 0. The first-order chi connectivity index (χ1) is 8.33. The van der Waals surface area contributed by atoms with Crippen molar-refractivity contribution in [3.63, 3.8) is 0 Å². The fourth-order valence-corrected chi connectivity index (χ4v) is 2.16. The Hall–Kier alpha value is -1.67. The van der Waals surface area contributed by atoms with Gasteiger partial charge in [0.1, 0.15) is 12.4 Å². The van der Waals surface area contributed by atoms with Crippen LogP contribution in [0.15, 0.2) is 48.5 Å². The van der Waals surface area contributed by atoms with E-state index < -0.39 is 0 Å². The molecule has 0 saturated heterocycles. The molecule has 1 aliphatic rings. The van der Waals surface area contributed by atoms with Crippen LogP contribution in [0.25, 0.3) is 0 Å². The van der Waals surface area contributed by atoms with Gasteiger partial charge in [-0.15, -0.1) is 0 Å². The predicted octanol–water partition coefficient (Wildman–Crippen LogP) is 3.89. The van der Waals surface area contributed by atoms with Gasteiger partial charge in [0, 0.05) is 11.1 Å². The molecule has 0 unspecified atom stereocenters. The average Bonchev–Trinajstić information content (AvgIpc) is 2.39. The lowest BCUT2D eigenvalue weighted by atomic mass is 10.1. The Morgan fingerprint density at radius 3 is 2.76 bits per heavy atom. The monoisotopic (exact) mass is 245 g/mol. The molecule has 0 radical (unpaired) electrons. The van der Waals surface area contributed by atoms with Gasteiger partial charge in [-0.1, -0.05) is 41.9 Å². The van der Waals surface area contributed by atoms with Crippen LogP contribution in [0, 0.1) is 0 Å². The molecule has 1 N–H and O–H groups in total. The summed E-state index contributed by atoms with van der Waals surface area (Å²) in [6, 6.07) is 16.1. The van der Waals surface area contributed by atoms with E-state index in [4.69, 9.17) is 16.3 Å². The highest BCUT2D eigenvalue weighted by atomic mass is 35.5. The van der Waals surface area contributed by atoms with E-state index in [1.54, 1.807) is 0 Å². The Balaban J connectivity index is 1.88. The third-order valence-corrected chi connectivity index (χ3v) is 3.12. The van der Waals surface area contributed by atoms with E-state index in [1.165, 1.54) is 5.56 Å². The van der Waals surface area contributed by atoms with Gasteiger partial charge < -0.3 is 10.1 Å².